The average molecular weight is 278 g/mol. The fourth-order valence-electron chi connectivity index (χ4n) is 2.12. The Morgan fingerprint density at radius 1 is 0.947 bits per heavy atom. The Hall–Kier alpha value is -1.38. The molecule has 0 aliphatic heterocycles. The van der Waals surface area contributed by atoms with Gasteiger partial charge in [0.05, 0.1) is 0 Å². The third-order valence-corrected chi connectivity index (χ3v) is 3.47. The number of halogens is 2. The summed E-state index contributed by atoms with van der Waals surface area (Å²) in [6.45, 7) is 0.645. The number of unbranched alkanes of at least 4 members (excludes halogenated alkanes) is 1. The molecule has 0 aliphatic carbocycles. The largest absolute Gasteiger partial charge is 0.330 e. The van der Waals surface area contributed by atoms with Crippen LogP contribution in [0.2, 0.25) is 5.02 Å². The summed E-state index contributed by atoms with van der Waals surface area (Å²) in [6.07, 6.45) is 2.52. The maximum absolute atomic E-state index is 14.5. The van der Waals surface area contributed by atoms with Gasteiger partial charge in [-0.15, -0.1) is 0 Å². The van der Waals surface area contributed by atoms with E-state index in [9.17, 15) is 4.39 Å². The molecular formula is C16H17ClFN. The van der Waals surface area contributed by atoms with Crippen LogP contribution in [0.25, 0.3) is 11.1 Å². The van der Waals surface area contributed by atoms with Crippen molar-refractivity contribution in [2.45, 2.75) is 19.3 Å². The first-order valence-corrected chi connectivity index (χ1v) is 6.84. The van der Waals surface area contributed by atoms with E-state index in [2.05, 4.69) is 0 Å². The van der Waals surface area contributed by atoms with Crippen molar-refractivity contribution in [2.75, 3.05) is 6.54 Å². The van der Waals surface area contributed by atoms with Gasteiger partial charge >= 0.3 is 0 Å². The molecule has 0 aliphatic rings. The zero-order valence-corrected chi connectivity index (χ0v) is 11.5. The Balaban J connectivity index is 2.32. The van der Waals surface area contributed by atoms with Crippen molar-refractivity contribution in [3.63, 3.8) is 0 Å². The Kier molecular flexibility index (Phi) is 4.94. The van der Waals surface area contributed by atoms with E-state index in [1.807, 2.05) is 30.3 Å². The first-order chi connectivity index (χ1) is 9.24. The predicted octanol–water partition coefficient (Wildman–Crippen LogP) is 4.43. The maximum Gasteiger partial charge on any atom is 0.134 e. The molecule has 2 N–H and O–H groups in total. The fraction of sp³-hybridized carbons (Fsp3) is 0.250. The monoisotopic (exact) mass is 277 g/mol. The van der Waals surface area contributed by atoms with Gasteiger partial charge in [-0.05, 0) is 37.4 Å². The molecule has 0 amide bonds. The lowest BCUT2D eigenvalue weighted by Crippen LogP contribution is -2.00. The van der Waals surface area contributed by atoms with Crippen LogP contribution in [-0.4, -0.2) is 6.54 Å². The topological polar surface area (TPSA) is 26.0 Å². The highest BCUT2D eigenvalue weighted by molar-refractivity contribution is 6.33. The molecule has 0 atom stereocenters. The van der Waals surface area contributed by atoms with Gasteiger partial charge < -0.3 is 5.73 Å². The van der Waals surface area contributed by atoms with Gasteiger partial charge in [-0.2, -0.15) is 0 Å². The van der Waals surface area contributed by atoms with Gasteiger partial charge in [0.15, 0.2) is 0 Å². The van der Waals surface area contributed by atoms with E-state index < -0.39 is 0 Å². The van der Waals surface area contributed by atoms with Crippen LogP contribution < -0.4 is 5.73 Å². The molecule has 3 heteroatoms. The van der Waals surface area contributed by atoms with Crippen LogP contribution >= 0.6 is 11.6 Å². The van der Waals surface area contributed by atoms with Crippen LogP contribution in [0.5, 0.6) is 0 Å². The highest BCUT2D eigenvalue weighted by Gasteiger charge is 2.11. The number of benzene rings is 2. The van der Waals surface area contributed by atoms with Gasteiger partial charge in [0, 0.05) is 16.1 Å². The molecule has 0 fully saturated rings. The van der Waals surface area contributed by atoms with E-state index in [0.717, 1.165) is 24.0 Å². The minimum Gasteiger partial charge on any atom is -0.330 e. The number of nitrogens with two attached hydrogens (primary N) is 1. The van der Waals surface area contributed by atoms with Crippen LogP contribution in [0.4, 0.5) is 4.39 Å². The molecule has 0 spiro atoms. The molecule has 100 valence electrons. The van der Waals surface area contributed by atoms with Crippen LogP contribution in [0.1, 0.15) is 18.4 Å². The highest BCUT2D eigenvalue weighted by atomic mass is 35.5. The molecule has 0 saturated carbocycles. The zero-order chi connectivity index (χ0) is 13.7. The van der Waals surface area contributed by atoms with Gasteiger partial charge in [-0.3, -0.25) is 0 Å². The summed E-state index contributed by atoms with van der Waals surface area (Å²) < 4.78 is 14.5. The fourth-order valence-corrected chi connectivity index (χ4v) is 2.36. The minimum absolute atomic E-state index is 0.173. The van der Waals surface area contributed by atoms with Crippen molar-refractivity contribution < 1.29 is 4.39 Å². The van der Waals surface area contributed by atoms with Crippen LogP contribution in [0.3, 0.4) is 0 Å². The second kappa shape index (κ2) is 6.69. The SMILES string of the molecule is NCCCCc1cccc(-c2ccccc2Cl)c1F. The smallest absolute Gasteiger partial charge is 0.134 e. The summed E-state index contributed by atoms with van der Waals surface area (Å²) in [5.74, 6) is -0.173. The Morgan fingerprint density at radius 3 is 2.42 bits per heavy atom. The highest BCUT2D eigenvalue weighted by Crippen LogP contribution is 2.31. The molecule has 2 aromatic rings. The first kappa shape index (κ1) is 14.0. The molecule has 1 nitrogen and oxygen atoms in total. The summed E-state index contributed by atoms with van der Waals surface area (Å²) in [6, 6.07) is 12.8. The van der Waals surface area contributed by atoms with Crippen molar-refractivity contribution in [1.29, 1.82) is 0 Å². The van der Waals surface area contributed by atoms with Crippen molar-refractivity contribution in [3.8, 4) is 11.1 Å². The first-order valence-electron chi connectivity index (χ1n) is 6.46. The molecule has 0 saturated heterocycles. The van der Waals surface area contributed by atoms with Gasteiger partial charge in [-0.25, -0.2) is 4.39 Å². The van der Waals surface area contributed by atoms with Gasteiger partial charge in [0.25, 0.3) is 0 Å². The average Bonchev–Trinajstić information content (AvgIpc) is 2.42. The van der Waals surface area contributed by atoms with Crippen LogP contribution in [0.15, 0.2) is 42.5 Å². The van der Waals surface area contributed by atoms with E-state index >= 15 is 0 Å². The van der Waals surface area contributed by atoms with Gasteiger partial charge in [-0.1, -0.05) is 48.0 Å². The molecule has 0 heterocycles. The Labute approximate surface area is 118 Å². The summed E-state index contributed by atoms with van der Waals surface area (Å²) in [7, 11) is 0. The molecule has 0 bridgehead atoms. The minimum atomic E-state index is -0.173. The van der Waals surface area contributed by atoms with Crippen molar-refractivity contribution in [2.24, 2.45) is 5.73 Å². The summed E-state index contributed by atoms with van der Waals surface area (Å²) >= 11 is 6.13. The van der Waals surface area contributed by atoms with E-state index in [0.29, 0.717) is 23.6 Å². The quantitative estimate of drug-likeness (QED) is 0.804. The van der Waals surface area contributed by atoms with Crippen molar-refractivity contribution >= 4 is 11.6 Å². The second-order valence-electron chi connectivity index (χ2n) is 4.50. The summed E-state index contributed by atoms with van der Waals surface area (Å²) in [4.78, 5) is 0. The molecule has 19 heavy (non-hydrogen) atoms. The third kappa shape index (κ3) is 3.34. The lowest BCUT2D eigenvalue weighted by atomic mass is 9.99. The zero-order valence-electron chi connectivity index (χ0n) is 10.7. The number of aryl methyl sites for hydroxylation is 1. The van der Waals surface area contributed by atoms with E-state index in [1.54, 1.807) is 12.1 Å². The Bertz CT molecular complexity index is 554. The third-order valence-electron chi connectivity index (χ3n) is 3.14. The standard InChI is InChI=1S/C16H17ClFN/c17-15-10-2-1-8-13(15)14-9-5-7-12(16(14)18)6-3-4-11-19/h1-2,5,7-10H,3-4,6,11,19H2. The number of hydrogen-bond acceptors (Lipinski definition) is 1. The van der Waals surface area contributed by atoms with E-state index in [4.69, 9.17) is 17.3 Å². The van der Waals surface area contributed by atoms with E-state index in [-0.39, 0.29) is 5.82 Å². The molecule has 0 aromatic heterocycles. The predicted molar refractivity (Wildman–Crippen MR) is 78.8 cm³/mol. The van der Waals surface area contributed by atoms with Crippen LogP contribution in [0, 0.1) is 5.82 Å². The summed E-state index contributed by atoms with van der Waals surface area (Å²) in [5, 5.41) is 0.570. The number of rotatable bonds is 5. The lowest BCUT2D eigenvalue weighted by molar-refractivity contribution is 0.604. The molecule has 2 rings (SSSR count). The number of hydrogen-bond donors (Lipinski definition) is 1. The summed E-state index contributed by atoms with van der Waals surface area (Å²) in [5.41, 5.74) is 7.49. The molecule has 0 radical (unpaired) electrons. The van der Waals surface area contributed by atoms with E-state index in [1.165, 1.54) is 0 Å². The second-order valence-corrected chi connectivity index (χ2v) is 4.91. The maximum atomic E-state index is 14.5. The van der Waals surface area contributed by atoms with Crippen LogP contribution in [-0.2, 0) is 6.42 Å². The molecular weight excluding hydrogens is 261 g/mol. The van der Waals surface area contributed by atoms with Crippen molar-refractivity contribution in [3.05, 3.63) is 58.9 Å². The Morgan fingerprint density at radius 2 is 1.68 bits per heavy atom. The molecule has 0 unspecified atom stereocenters. The molecule has 2 aromatic carbocycles. The van der Waals surface area contributed by atoms with Gasteiger partial charge in [0.1, 0.15) is 5.82 Å². The normalized spacial score (nSPS) is 10.7. The lowest BCUT2D eigenvalue weighted by Gasteiger charge is -2.09. The van der Waals surface area contributed by atoms with Gasteiger partial charge in [0.2, 0.25) is 0 Å². The van der Waals surface area contributed by atoms with Crippen molar-refractivity contribution in [1.82, 2.24) is 0 Å².